The Hall–Kier alpha value is -3.98. The van der Waals surface area contributed by atoms with E-state index in [4.69, 9.17) is 5.26 Å². The number of nitrogens with one attached hydrogen (secondary N) is 2. The molecule has 0 spiro atoms. The topological polar surface area (TPSA) is 94.9 Å². The maximum absolute atomic E-state index is 12.6. The van der Waals surface area contributed by atoms with Crippen molar-refractivity contribution in [2.24, 2.45) is 0 Å². The van der Waals surface area contributed by atoms with Crippen LogP contribution in [0.3, 0.4) is 0 Å². The SMILES string of the molecule is Cc1ccc(C)c(NC(=O)c2cc(C(=O)Nc3ccccc3C#N)ccn2)c1. The first-order chi connectivity index (χ1) is 13.5. The summed E-state index contributed by atoms with van der Waals surface area (Å²) in [5.41, 5.74) is 3.82. The summed E-state index contributed by atoms with van der Waals surface area (Å²) in [5.74, 6) is -0.827. The van der Waals surface area contributed by atoms with Gasteiger partial charge in [0.25, 0.3) is 11.8 Å². The Kier molecular flexibility index (Phi) is 5.47. The number of hydrogen-bond donors (Lipinski definition) is 2. The number of carbonyl (C=O) groups excluding carboxylic acids is 2. The molecule has 0 aliphatic heterocycles. The van der Waals surface area contributed by atoms with Gasteiger partial charge in [-0.3, -0.25) is 14.6 Å². The van der Waals surface area contributed by atoms with Gasteiger partial charge in [-0.2, -0.15) is 5.26 Å². The van der Waals surface area contributed by atoms with E-state index in [9.17, 15) is 9.59 Å². The molecule has 3 rings (SSSR count). The van der Waals surface area contributed by atoms with Crippen molar-refractivity contribution in [1.29, 1.82) is 5.26 Å². The Labute approximate surface area is 162 Å². The summed E-state index contributed by atoms with van der Waals surface area (Å²) >= 11 is 0. The van der Waals surface area contributed by atoms with Gasteiger partial charge in [0.15, 0.2) is 0 Å². The lowest BCUT2D eigenvalue weighted by atomic mass is 10.1. The zero-order chi connectivity index (χ0) is 20.1. The predicted molar refractivity (Wildman–Crippen MR) is 107 cm³/mol. The fourth-order valence-corrected chi connectivity index (χ4v) is 2.64. The van der Waals surface area contributed by atoms with Crippen LogP contribution in [0.25, 0.3) is 0 Å². The summed E-state index contributed by atoms with van der Waals surface area (Å²) in [5, 5.41) is 14.7. The van der Waals surface area contributed by atoms with Gasteiger partial charge in [0, 0.05) is 17.4 Å². The maximum Gasteiger partial charge on any atom is 0.274 e. The summed E-state index contributed by atoms with van der Waals surface area (Å²) in [6.45, 7) is 3.84. The third-order valence-electron chi connectivity index (χ3n) is 4.19. The van der Waals surface area contributed by atoms with Crippen molar-refractivity contribution >= 4 is 23.2 Å². The molecule has 28 heavy (non-hydrogen) atoms. The number of benzene rings is 2. The molecule has 0 aliphatic rings. The largest absolute Gasteiger partial charge is 0.321 e. The lowest BCUT2D eigenvalue weighted by molar-refractivity contribution is 0.102. The van der Waals surface area contributed by atoms with E-state index < -0.39 is 11.8 Å². The average molecular weight is 370 g/mol. The van der Waals surface area contributed by atoms with E-state index in [2.05, 4.69) is 15.6 Å². The first-order valence-corrected chi connectivity index (χ1v) is 8.63. The zero-order valence-corrected chi connectivity index (χ0v) is 15.5. The fraction of sp³-hybridized carbons (Fsp3) is 0.0909. The first kappa shape index (κ1) is 18.8. The van der Waals surface area contributed by atoms with Crippen molar-refractivity contribution in [2.75, 3.05) is 10.6 Å². The highest BCUT2D eigenvalue weighted by Crippen LogP contribution is 2.18. The van der Waals surface area contributed by atoms with Crippen LogP contribution in [0.4, 0.5) is 11.4 Å². The van der Waals surface area contributed by atoms with Crippen molar-refractivity contribution in [2.45, 2.75) is 13.8 Å². The van der Waals surface area contributed by atoms with Gasteiger partial charge < -0.3 is 10.6 Å². The quantitative estimate of drug-likeness (QED) is 0.723. The highest BCUT2D eigenvalue weighted by atomic mass is 16.2. The molecule has 2 aromatic carbocycles. The number of nitriles is 1. The molecule has 0 atom stereocenters. The minimum absolute atomic E-state index is 0.127. The molecular formula is C22H18N4O2. The molecule has 1 heterocycles. The normalized spacial score (nSPS) is 10.0. The number of rotatable bonds is 4. The van der Waals surface area contributed by atoms with Gasteiger partial charge in [-0.05, 0) is 55.3 Å². The minimum atomic E-state index is -0.425. The molecule has 1 aromatic heterocycles. The number of aryl methyl sites for hydroxylation is 2. The number of carbonyl (C=O) groups is 2. The summed E-state index contributed by atoms with van der Waals surface area (Å²) in [7, 11) is 0. The fourth-order valence-electron chi connectivity index (χ4n) is 2.64. The molecule has 6 nitrogen and oxygen atoms in total. The molecule has 3 aromatic rings. The Morgan fingerprint density at radius 1 is 0.929 bits per heavy atom. The van der Waals surface area contributed by atoms with Crippen LogP contribution in [-0.4, -0.2) is 16.8 Å². The van der Waals surface area contributed by atoms with E-state index in [1.165, 1.54) is 18.3 Å². The van der Waals surface area contributed by atoms with Crippen LogP contribution in [0.1, 0.15) is 37.5 Å². The molecule has 6 heteroatoms. The van der Waals surface area contributed by atoms with Crippen molar-refractivity contribution in [3.8, 4) is 6.07 Å². The summed E-state index contributed by atoms with van der Waals surface area (Å²) in [6.07, 6.45) is 1.41. The Morgan fingerprint density at radius 3 is 2.46 bits per heavy atom. The lowest BCUT2D eigenvalue weighted by Gasteiger charge is -2.10. The van der Waals surface area contributed by atoms with E-state index in [0.717, 1.165) is 11.1 Å². The van der Waals surface area contributed by atoms with Crippen LogP contribution < -0.4 is 10.6 Å². The highest BCUT2D eigenvalue weighted by molar-refractivity contribution is 6.08. The van der Waals surface area contributed by atoms with Gasteiger partial charge in [-0.1, -0.05) is 24.3 Å². The van der Waals surface area contributed by atoms with Crippen LogP contribution in [0.15, 0.2) is 60.8 Å². The third-order valence-corrected chi connectivity index (χ3v) is 4.19. The monoisotopic (exact) mass is 370 g/mol. The van der Waals surface area contributed by atoms with Gasteiger partial charge >= 0.3 is 0 Å². The summed E-state index contributed by atoms with van der Waals surface area (Å²) in [4.78, 5) is 29.2. The molecular weight excluding hydrogens is 352 g/mol. The van der Waals surface area contributed by atoms with Crippen molar-refractivity contribution in [1.82, 2.24) is 4.98 Å². The lowest BCUT2D eigenvalue weighted by Crippen LogP contribution is -2.17. The number of amides is 2. The second-order valence-electron chi connectivity index (χ2n) is 6.31. The second-order valence-corrected chi connectivity index (χ2v) is 6.31. The molecule has 0 radical (unpaired) electrons. The van der Waals surface area contributed by atoms with Gasteiger partial charge in [0.2, 0.25) is 0 Å². The van der Waals surface area contributed by atoms with Crippen molar-refractivity contribution < 1.29 is 9.59 Å². The second kappa shape index (κ2) is 8.14. The molecule has 0 aliphatic carbocycles. The number of anilines is 2. The standard InChI is InChI=1S/C22H18N4O2/c1-14-7-8-15(2)19(11-14)26-22(28)20-12-16(9-10-24-20)21(27)25-18-6-4-3-5-17(18)13-23/h3-12H,1-2H3,(H,25,27)(H,26,28). The van der Waals surface area contributed by atoms with Crippen LogP contribution >= 0.6 is 0 Å². The van der Waals surface area contributed by atoms with Crippen LogP contribution in [-0.2, 0) is 0 Å². The predicted octanol–water partition coefficient (Wildman–Crippen LogP) is 4.07. The first-order valence-electron chi connectivity index (χ1n) is 8.63. The smallest absolute Gasteiger partial charge is 0.274 e. The molecule has 2 N–H and O–H groups in total. The maximum atomic E-state index is 12.6. The third kappa shape index (κ3) is 4.22. The van der Waals surface area contributed by atoms with E-state index >= 15 is 0 Å². The number of nitrogens with zero attached hydrogens (tertiary/aromatic N) is 2. The Morgan fingerprint density at radius 2 is 1.68 bits per heavy atom. The van der Waals surface area contributed by atoms with Crippen LogP contribution in [0.5, 0.6) is 0 Å². The van der Waals surface area contributed by atoms with Crippen molar-refractivity contribution in [3.05, 3.63) is 88.7 Å². The zero-order valence-electron chi connectivity index (χ0n) is 15.5. The molecule has 138 valence electrons. The van der Waals surface area contributed by atoms with Crippen molar-refractivity contribution in [3.63, 3.8) is 0 Å². The Bertz CT molecular complexity index is 1100. The van der Waals surface area contributed by atoms with Gasteiger partial charge in [0.05, 0.1) is 11.3 Å². The average Bonchev–Trinajstić information content (AvgIpc) is 2.71. The summed E-state index contributed by atoms with van der Waals surface area (Å²) < 4.78 is 0. The molecule has 0 fully saturated rings. The highest BCUT2D eigenvalue weighted by Gasteiger charge is 2.14. The minimum Gasteiger partial charge on any atom is -0.321 e. The van der Waals surface area contributed by atoms with Gasteiger partial charge in [-0.15, -0.1) is 0 Å². The van der Waals surface area contributed by atoms with Crippen LogP contribution in [0.2, 0.25) is 0 Å². The number of aromatic nitrogens is 1. The van der Waals surface area contributed by atoms with Crippen LogP contribution in [0, 0.1) is 25.2 Å². The number of hydrogen-bond acceptors (Lipinski definition) is 4. The van der Waals surface area contributed by atoms with E-state index in [1.54, 1.807) is 24.3 Å². The van der Waals surface area contributed by atoms with Gasteiger partial charge in [0.1, 0.15) is 11.8 Å². The van der Waals surface area contributed by atoms with E-state index in [0.29, 0.717) is 16.9 Å². The molecule has 0 unspecified atom stereocenters. The molecule has 0 saturated carbocycles. The number of pyridine rings is 1. The van der Waals surface area contributed by atoms with Gasteiger partial charge in [-0.25, -0.2) is 0 Å². The number of para-hydroxylation sites is 1. The molecule has 0 saturated heterocycles. The van der Waals surface area contributed by atoms with E-state index in [1.807, 2.05) is 38.1 Å². The Balaban J connectivity index is 1.80. The van der Waals surface area contributed by atoms with E-state index in [-0.39, 0.29) is 11.3 Å². The summed E-state index contributed by atoms with van der Waals surface area (Å²) in [6, 6.07) is 17.4. The molecule has 2 amide bonds. The molecule has 0 bridgehead atoms.